The summed E-state index contributed by atoms with van der Waals surface area (Å²) in [4.78, 5) is 4.75. The molecule has 0 radical (unpaired) electrons. The smallest absolute Gasteiger partial charge is 0.145 e. The zero-order valence-corrected chi connectivity index (χ0v) is 19.3. The lowest BCUT2D eigenvalue weighted by molar-refractivity contribution is 0.657. The Balaban J connectivity index is 1.71. The number of hydrogen-bond acceptors (Lipinski definition) is 2. The van der Waals surface area contributed by atoms with Gasteiger partial charge in [0, 0.05) is 27.9 Å². The number of aryl methyl sites for hydroxylation is 1. The normalized spacial score (nSPS) is 14.3. The molecule has 2 aromatic heterocycles. The fraction of sp³-hybridized carbons (Fsp3) is 0.233. The Morgan fingerprint density at radius 2 is 1.72 bits per heavy atom. The zero-order chi connectivity index (χ0) is 22.2. The molecule has 0 fully saturated rings. The van der Waals surface area contributed by atoms with Crippen LogP contribution in [0, 0.1) is 6.92 Å². The van der Waals surface area contributed by atoms with Gasteiger partial charge in [-0.1, -0.05) is 70.2 Å². The molecule has 0 saturated carbocycles. The van der Waals surface area contributed by atoms with Crippen molar-refractivity contribution >= 4 is 21.9 Å². The molecule has 2 heteroatoms. The second-order valence-electron chi connectivity index (χ2n) is 9.90. The average Bonchev–Trinajstić information content (AvgIpc) is 3.26. The van der Waals surface area contributed by atoms with E-state index in [1.807, 2.05) is 6.20 Å². The van der Waals surface area contributed by atoms with Gasteiger partial charge in [0.15, 0.2) is 0 Å². The highest BCUT2D eigenvalue weighted by Crippen LogP contribution is 2.53. The van der Waals surface area contributed by atoms with Crippen molar-refractivity contribution in [3.63, 3.8) is 0 Å². The number of nitrogens with zero attached hydrogens (tertiary/aromatic N) is 1. The maximum absolute atomic E-state index is 6.60. The first-order chi connectivity index (χ1) is 15.4. The fourth-order valence-corrected chi connectivity index (χ4v) is 5.56. The summed E-state index contributed by atoms with van der Waals surface area (Å²) in [6, 6.07) is 21.9. The van der Waals surface area contributed by atoms with E-state index in [1.54, 1.807) is 0 Å². The summed E-state index contributed by atoms with van der Waals surface area (Å²) in [6.07, 6.45) is 1.92. The minimum Gasteiger partial charge on any atom is -0.455 e. The van der Waals surface area contributed by atoms with E-state index >= 15 is 0 Å². The Morgan fingerprint density at radius 1 is 0.906 bits per heavy atom. The number of rotatable bonds is 2. The van der Waals surface area contributed by atoms with Crippen LogP contribution in [0.4, 0.5) is 0 Å². The molecule has 0 spiro atoms. The highest BCUT2D eigenvalue weighted by atomic mass is 16.3. The maximum Gasteiger partial charge on any atom is 0.145 e. The number of fused-ring (bicyclic) bond motifs is 7. The van der Waals surface area contributed by atoms with Gasteiger partial charge in [-0.15, -0.1) is 0 Å². The summed E-state index contributed by atoms with van der Waals surface area (Å²) < 4.78 is 6.60. The van der Waals surface area contributed by atoms with Gasteiger partial charge in [0.1, 0.15) is 11.2 Å². The molecule has 0 aliphatic heterocycles. The first kappa shape index (κ1) is 19.3. The fourth-order valence-electron chi connectivity index (χ4n) is 5.56. The third-order valence-corrected chi connectivity index (χ3v) is 7.24. The van der Waals surface area contributed by atoms with Crippen molar-refractivity contribution in [2.75, 3.05) is 0 Å². The quantitative estimate of drug-likeness (QED) is 0.288. The van der Waals surface area contributed by atoms with Gasteiger partial charge >= 0.3 is 0 Å². The van der Waals surface area contributed by atoms with Crippen LogP contribution in [0.5, 0.6) is 0 Å². The highest BCUT2D eigenvalue weighted by molar-refractivity contribution is 6.14. The molecule has 0 atom stereocenters. The molecular formula is C30H27NO. The van der Waals surface area contributed by atoms with E-state index in [9.17, 15) is 0 Å². The zero-order valence-electron chi connectivity index (χ0n) is 19.3. The van der Waals surface area contributed by atoms with Gasteiger partial charge in [0.05, 0.1) is 5.69 Å². The Bertz CT molecular complexity index is 1530. The van der Waals surface area contributed by atoms with Crippen LogP contribution in [-0.2, 0) is 5.41 Å². The summed E-state index contributed by atoms with van der Waals surface area (Å²) in [7, 11) is 0. The van der Waals surface area contributed by atoms with Gasteiger partial charge in [0.25, 0.3) is 0 Å². The van der Waals surface area contributed by atoms with Crippen LogP contribution in [0.3, 0.4) is 0 Å². The number of benzene rings is 3. The van der Waals surface area contributed by atoms with Crippen molar-refractivity contribution in [1.29, 1.82) is 0 Å². The largest absolute Gasteiger partial charge is 0.455 e. The summed E-state index contributed by atoms with van der Waals surface area (Å²) in [5, 5.41) is 2.41. The van der Waals surface area contributed by atoms with Crippen molar-refractivity contribution in [3.05, 3.63) is 89.1 Å². The maximum atomic E-state index is 6.60. The predicted molar refractivity (Wildman–Crippen MR) is 133 cm³/mol. The lowest BCUT2D eigenvalue weighted by Gasteiger charge is -2.22. The summed E-state index contributed by atoms with van der Waals surface area (Å²) >= 11 is 0. The van der Waals surface area contributed by atoms with Crippen LogP contribution in [0.2, 0.25) is 0 Å². The number of aromatic nitrogens is 1. The number of hydrogen-bond donors (Lipinski definition) is 0. The first-order valence-electron chi connectivity index (χ1n) is 11.4. The molecule has 32 heavy (non-hydrogen) atoms. The predicted octanol–water partition coefficient (Wildman–Crippen LogP) is 8.39. The molecule has 2 nitrogen and oxygen atoms in total. The van der Waals surface area contributed by atoms with Crippen LogP contribution in [0.1, 0.15) is 55.9 Å². The third-order valence-electron chi connectivity index (χ3n) is 7.24. The molecule has 3 aromatic carbocycles. The Kier molecular flexibility index (Phi) is 3.96. The van der Waals surface area contributed by atoms with E-state index in [1.165, 1.54) is 44.2 Å². The van der Waals surface area contributed by atoms with Crippen LogP contribution >= 0.6 is 0 Å². The molecule has 1 aliphatic carbocycles. The summed E-state index contributed by atoms with van der Waals surface area (Å²) in [5.41, 5.74) is 11.8. The topological polar surface area (TPSA) is 26.0 Å². The van der Waals surface area contributed by atoms with Crippen molar-refractivity contribution < 1.29 is 4.42 Å². The van der Waals surface area contributed by atoms with Crippen molar-refractivity contribution in [2.45, 2.75) is 46.0 Å². The van der Waals surface area contributed by atoms with Gasteiger partial charge in [-0.05, 0) is 64.4 Å². The van der Waals surface area contributed by atoms with Crippen LogP contribution in [-0.4, -0.2) is 4.98 Å². The monoisotopic (exact) mass is 417 g/mol. The van der Waals surface area contributed by atoms with Crippen molar-refractivity contribution in [3.8, 4) is 22.4 Å². The van der Waals surface area contributed by atoms with E-state index in [0.29, 0.717) is 5.92 Å². The van der Waals surface area contributed by atoms with Crippen molar-refractivity contribution in [2.24, 2.45) is 0 Å². The van der Waals surface area contributed by atoms with Gasteiger partial charge < -0.3 is 4.42 Å². The van der Waals surface area contributed by atoms with Crippen LogP contribution in [0.15, 0.2) is 71.3 Å². The van der Waals surface area contributed by atoms with Crippen molar-refractivity contribution in [1.82, 2.24) is 4.98 Å². The standard InChI is InChI=1S/C30H27NO/c1-17(2)19-14-15-31-24(16-19)26-18(3)10-11-22-27-25(32-29(22)26)13-12-21-20-8-6-7-9-23(20)30(4,5)28(21)27/h6-17H,1-5H3. The lowest BCUT2D eigenvalue weighted by atomic mass is 9.80. The Hall–Kier alpha value is -3.39. The molecule has 0 amide bonds. The molecule has 5 aromatic rings. The van der Waals surface area contributed by atoms with E-state index in [0.717, 1.165) is 22.4 Å². The minimum atomic E-state index is -0.0803. The van der Waals surface area contributed by atoms with Gasteiger partial charge in [-0.25, -0.2) is 0 Å². The highest BCUT2D eigenvalue weighted by Gasteiger charge is 2.38. The van der Waals surface area contributed by atoms with E-state index in [-0.39, 0.29) is 5.41 Å². The number of pyridine rings is 1. The molecule has 0 N–H and O–H groups in total. The van der Waals surface area contributed by atoms with Gasteiger partial charge in [-0.2, -0.15) is 0 Å². The van der Waals surface area contributed by atoms with Crippen LogP contribution in [0.25, 0.3) is 44.3 Å². The van der Waals surface area contributed by atoms with E-state index in [2.05, 4.69) is 95.3 Å². The second kappa shape index (κ2) is 6.56. The minimum absolute atomic E-state index is 0.0803. The second-order valence-corrected chi connectivity index (χ2v) is 9.90. The molecular weight excluding hydrogens is 390 g/mol. The molecule has 1 aliphatic rings. The molecule has 0 unspecified atom stereocenters. The molecule has 158 valence electrons. The summed E-state index contributed by atoms with van der Waals surface area (Å²) in [6.45, 7) is 11.3. The SMILES string of the molecule is Cc1ccc2c(oc3ccc4c(c32)C(C)(C)c2ccccc2-4)c1-c1cc(C(C)C)ccn1. The van der Waals surface area contributed by atoms with Crippen LogP contribution < -0.4 is 0 Å². The summed E-state index contributed by atoms with van der Waals surface area (Å²) in [5.74, 6) is 0.453. The van der Waals surface area contributed by atoms with E-state index in [4.69, 9.17) is 9.40 Å². The van der Waals surface area contributed by atoms with E-state index < -0.39 is 0 Å². The Labute approximate surface area is 188 Å². The molecule has 0 saturated heterocycles. The molecule has 6 rings (SSSR count). The first-order valence-corrected chi connectivity index (χ1v) is 11.4. The van der Waals surface area contributed by atoms with Gasteiger partial charge in [-0.3, -0.25) is 4.98 Å². The number of furan rings is 1. The lowest BCUT2D eigenvalue weighted by Crippen LogP contribution is -2.15. The third kappa shape index (κ3) is 2.50. The molecule has 0 bridgehead atoms. The Morgan fingerprint density at radius 3 is 2.53 bits per heavy atom. The van der Waals surface area contributed by atoms with Gasteiger partial charge in [0.2, 0.25) is 0 Å². The average molecular weight is 418 g/mol. The molecule has 2 heterocycles.